The fourth-order valence-corrected chi connectivity index (χ4v) is 1.37. The highest BCUT2D eigenvalue weighted by Gasteiger charge is 2.10. The molecule has 0 aromatic carbocycles. The second kappa shape index (κ2) is 4.89. The molecular weight excluding hydrogens is 174 g/mol. The SMILES string of the molecule is CCCCC(=O)c1nccc(C)c1C. The number of Topliss-reactive ketones (excluding diaryl/α,β-unsaturated/α-hetero) is 1. The summed E-state index contributed by atoms with van der Waals surface area (Å²) >= 11 is 0. The van der Waals surface area contributed by atoms with Gasteiger partial charge in [0.1, 0.15) is 5.69 Å². The maximum absolute atomic E-state index is 11.7. The van der Waals surface area contributed by atoms with E-state index < -0.39 is 0 Å². The fourth-order valence-electron chi connectivity index (χ4n) is 1.37. The third-order valence-electron chi connectivity index (χ3n) is 2.50. The average molecular weight is 191 g/mol. The molecule has 2 heteroatoms. The number of aryl methyl sites for hydroxylation is 1. The van der Waals surface area contributed by atoms with Crippen molar-refractivity contribution in [1.29, 1.82) is 0 Å². The summed E-state index contributed by atoms with van der Waals surface area (Å²) in [4.78, 5) is 15.9. The molecule has 0 unspecified atom stereocenters. The van der Waals surface area contributed by atoms with Crippen molar-refractivity contribution in [2.45, 2.75) is 40.0 Å². The number of pyridine rings is 1. The minimum Gasteiger partial charge on any atom is -0.292 e. The van der Waals surface area contributed by atoms with Gasteiger partial charge in [-0.2, -0.15) is 0 Å². The molecular formula is C12H17NO. The van der Waals surface area contributed by atoms with Gasteiger partial charge in [0.2, 0.25) is 0 Å². The molecule has 76 valence electrons. The van der Waals surface area contributed by atoms with Crippen LogP contribution in [0.1, 0.15) is 47.8 Å². The lowest BCUT2D eigenvalue weighted by molar-refractivity contribution is 0.0974. The summed E-state index contributed by atoms with van der Waals surface area (Å²) < 4.78 is 0. The van der Waals surface area contributed by atoms with Gasteiger partial charge in [0, 0.05) is 12.6 Å². The molecule has 0 aliphatic carbocycles. The van der Waals surface area contributed by atoms with Crippen molar-refractivity contribution in [2.75, 3.05) is 0 Å². The van der Waals surface area contributed by atoms with Gasteiger partial charge in [-0.3, -0.25) is 9.78 Å². The van der Waals surface area contributed by atoms with E-state index in [1.54, 1.807) is 6.20 Å². The first kappa shape index (κ1) is 10.9. The number of carbonyl (C=O) groups is 1. The van der Waals surface area contributed by atoms with Crippen molar-refractivity contribution in [2.24, 2.45) is 0 Å². The van der Waals surface area contributed by atoms with Gasteiger partial charge in [-0.15, -0.1) is 0 Å². The Morgan fingerprint density at radius 2 is 2.14 bits per heavy atom. The van der Waals surface area contributed by atoms with Crippen LogP contribution in [0.25, 0.3) is 0 Å². The van der Waals surface area contributed by atoms with Gasteiger partial charge in [0.15, 0.2) is 5.78 Å². The summed E-state index contributed by atoms with van der Waals surface area (Å²) in [6, 6.07) is 1.94. The van der Waals surface area contributed by atoms with Crippen molar-refractivity contribution >= 4 is 5.78 Å². The molecule has 1 rings (SSSR count). The first-order chi connectivity index (χ1) is 6.66. The Hall–Kier alpha value is -1.18. The molecule has 2 nitrogen and oxygen atoms in total. The van der Waals surface area contributed by atoms with Crippen LogP contribution in [0.4, 0.5) is 0 Å². The lowest BCUT2D eigenvalue weighted by Gasteiger charge is -2.05. The predicted octanol–water partition coefficient (Wildman–Crippen LogP) is 3.07. The maximum atomic E-state index is 11.7. The number of aromatic nitrogens is 1. The minimum atomic E-state index is 0.174. The second-order valence-corrected chi connectivity index (χ2v) is 3.63. The third kappa shape index (κ3) is 2.41. The van der Waals surface area contributed by atoms with Crippen LogP contribution in [0.5, 0.6) is 0 Å². The predicted molar refractivity (Wildman–Crippen MR) is 57.6 cm³/mol. The topological polar surface area (TPSA) is 30.0 Å². The second-order valence-electron chi connectivity index (χ2n) is 3.63. The molecule has 0 fully saturated rings. The van der Waals surface area contributed by atoms with Gasteiger partial charge in [-0.25, -0.2) is 0 Å². The Kier molecular flexibility index (Phi) is 3.81. The monoisotopic (exact) mass is 191 g/mol. The highest BCUT2D eigenvalue weighted by atomic mass is 16.1. The quantitative estimate of drug-likeness (QED) is 0.684. The first-order valence-electron chi connectivity index (χ1n) is 5.12. The summed E-state index contributed by atoms with van der Waals surface area (Å²) in [6.45, 7) is 6.05. The molecule has 0 aliphatic rings. The summed E-state index contributed by atoms with van der Waals surface area (Å²) in [5, 5.41) is 0. The van der Waals surface area contributed by atoms with Gasteiger partial charge in [-0.1, -0.05) is 13.3 Å². The summed E-state index contributed by atoms with van der Waals surface area (Å²) in [5.41, 5.74) is 2.81. The van der Waals surface area contributed by atoms with Crippen LogP contribution in [0.2, 0.25) is 0 Å². The van der Waals surface area contributed by atoms with Crippen LogP contribution >= 0.6 is 0 Å². The number of unbranched alkanes of at least 4 members (excludes halogenated alkanes) is 1. The van der Waals surface area contributed by atoms with Crippen molar-refractivity contribution < 1.29 is 4.79 Å². The molecule has 1 aromatic heterocycles. The zero-order valence-electron chi connectivity index (χ0n) is 9.13. The van der Waals surface area contributed by atoms with Gasteiger partial charge in [-0.05, 0) is 37.5 Å². The smallest absolute Gasteiger partial charge is 0.181 e. The van der Waals surface area contributed by atoms with E-state index in [4.69, 9.17) is 0 Å². The van der Waals surface area contributed by atoms with Crippen LogP contribution < -0.4 is 0 Å². The molecule has 0 saturated carbocycles. The largest absolute Gasteiger partial charge is 0.292 e. The Labute approximate surface area is 85.4 Å². The number of hydrogen-bond donors (Lipinski definition) is 0. The first-order valence-corrected chi connectivity index (χ1v) is 5.12. The van der Waals surface area contributed by atoms with Gasteiger partial charge >= 0.3 is 0 Å². The Balaban J connectivity index is 2.84. The van der Waals surface area contributed by atoms with E-state index >= 15 is 0 Å². The molecule has 14 heavy (non-hydrogen) atoms. The van der Waals surface area contributed by atoms with E-state index in [0.29, 0.717) is 12.1 Å². The number of rotatable bonds is 4. The third-order valence-corrected chi connectivity index (χ3v) is 2.50. The number of hydrogen-bond acceptors (Lipinski definition) is 2. The van der Waals surface area contributed by atoms with Crippen molar-refractivity contribution in [3.05, 3.63) is 29.1 Å². The fraction of sp³-hybridized carbons (Fsp3) is 0.500. The van der Waals surface area contributed by atoms with E-state index in [2.05, 4.69) is 11.9 Å². The molecule has 0 saturated heterocycles. The summed E-state index contributed by atoms with van der Waals surface area (Å²) in [6.07, 6.45) is 4.33. The number of carbonyl (C=O) groups excluding carboxylic acids is 1. The highest BCUT2D eigenvalue weighted by Crippen LogP contribution is 2.12. The standard InChI is InChI=1S/C12H17NO/c1-4-5-6-11(14)12-10(3)9(2)7-8-13-12/h7-8H,4-6H2,1-3H3. The van der Waals surface area contributed by atoms with E-state index in [1.165, 1.54) is 0 Å². The molecule has 0 bridgehead atoms. The van der Waals surface area contributed by atoms with Crippen LogP contribution in [0.15, 0.2) is 12.3 Å². The van der Waals surface area contributed by atoms with E-state index in [9.17, 15) is 4.79 Å². The molecule has 0 aliphatic heterocycles. The maximum Gasteiger partial charge on any atom is 0.181 e. The zero-order chi connectivity index (χ0) is 10.6. The van der Waals surface area contributed by atoms with Crippen LogP contribution in [-0.4, -0.2) is 10.8 Å². The highest BCUT2D eigenvalue weighted by molar-refractivity contribution is 5.95. The minimum absolute atomic E-state index is 0.174. The number of ketones is 1. The van der Waals surface area contributed by atoms with Gasteiger partial charge < -0.3 is 0 Å². The molecule has 0 amide bonds. The van der Waals surface area contributed by atoms with Gasteiger partial charge in [0.05, 0.1) is 0 Å². The molecule has 0 atom stereocenters. The van der Waals surface area contributed by atoms with Crippen LogP contribution in [0, 0.1) is 13.8 Å². The molecule has 0 spiro atoms. The van der Waals surface area contributed by atoms with Crippen LogP contribution in [0.3, 0.4) is 0 Å². The average Bonchev–Trinajstić information content (AvgIpc) is 2.18. The number of nitrogens with zero attached hydrogens (tertiary/aromatic N) is 1. The molecule has 0 radical (unpaired) electrons. The summed E-state index contributed by atoms with van der Waals surface area (Å²) in [7, 11) is 0. The molecule has 0 N–H and O–H groups in total. The molecule has 1 aromatic rings. The Morgan fingerprint density at radius 3 is 2.79 bits per heavy atom. The van der Waals surface area contributed by atoms with Crippen molar-refractivity contribution in [1.82, 2.24) is 4.98 Å². The lowest BCUT2D eigenvalue weighted by Crippen LogP contribution is -2.05. The summed E-state index contributed by atoms with van der Waals surface area (Å²) in [5.74, 6) is 0.174. The van der Waals surface area contributed by atoms with Gasteiger partial charge in [0.25, 0.3) is 0 Å². The van der Waals surface area contributed by atoms with Crippen molar-refractivity contribution in [3.8, 4) is 0 Å². The normalized spacial score (nSPS) is 10.2. The van der Waals surface area contributed by atoms with E-state index in [0.717, 1.165) is 24.0 Å². The van der Waals surface area contributed by atoms with Crippen LogP contribution in [-0.2, 0) is 0 Å². The zero-order valence-corrected chi connectivity index (χ0v) is 9.13. The van der Waals surface area contributed by atoms with Crippen molar-refractivity contribution in [3.63, 3.8) is 0 Å². The Morgan fingerprint density at radius 1 is 1.43 bits per heavy atom. The lowest BCUT2D eigenvalue weighted by atomic mass is 10.0. The van der Waals surface area contributed by atoms with E-state index in [-0.39, 0.29) is 5.78 Å². The Bertz CT molecular complexity index is 331. The molecule has 1 heterocycles. The van der Waals surface area contributed by atoms with E-state index in [1.807, 2.05) is 19.9 Å².